The number of carbonyl (C=O) groups is 1. The molecule has 1 amide bonds. The topological polar surface area (TPSA) is 79.8 Å². The molecule has 1 aromatic carbocycles. The van der Waals surface area contributed by atoms with Crippen molar-refractivity contribution in [2.45, 2.75) is 33.6 Å². The van der Waals surface area contributed by atoms with E-state index in [2.05, 4.69) is 9.88 Å². The lowest BCUT2D eigenvalue weighted by Crippen LogP contribution is -2.49. The molecule has 34 heavy (non-hydrogen) atoms. The molecule has 1 saturated heterocycles. The van der Waals surface area contributed by atoms with E-state index in [1.54, 1.807) is 6.26 Å². The molecule has 176 valence electrons. The Balaban J connectivity index is 1.29. The van der Waals surface area contributed by atoms with Crippen LogP contribution < -0.4 is 5.63 Å². The SMILES string of the molecule is Cc1coc2c(C)c3oc(=O)c(CC(=O)N4CCN(CCc5ccncc5)CC4)c(C)c3cc12. The van der Waals surface area contributed by atoms with Crippen molar-refractivity contribution in [2.24, 2.45) is 0 Å². The Morgan fingerprint density at radius 3 is 2.47 bits per heavy atom. The van der Waals surface area contributed by atoms with Crippen molar-refractivity contribution in [2.75, 3.05) is 32.7 Å². The zero-order chi connectivity index (χ0) is 23.8. The molecule has 0 atom stereocenters. The zero-order valence-electron chi connectivity index (χ0n) is 19.9. The minimum absolute atomic E-state index is 0.0270. The second kappa shape index (κ2) is 9.06. The van der Waals surface area contributed by atoms with Crippen molar-refractivity contribution in [3.05, 3.63) is 75.1 Å². The van der Waals surface area contributed by atoms with Gasteiger partial charge in [0.25, 0.3) is 0 Å². The van der Waals surface area contributed by atoms with Gasteiger partial charge in [-0.2, -0.15) is 0 Å². The summed E-state index contributed by atoms with van der Waals surface area (Å²) < 4.78 is 11.4. The molecule has 4 aromatic rings. The summed E-state index contributed by atoms with van der Waals surface area (Å²) in [5.74, 6) is -0.0270. The molecule has 1 fully saturated rings. The van der Waals surface area contributed by atoms with E-state index in [1.807, 2.05) is 56.3 Å². The van der Waals surface area contributed by atoms with Crippen molar-refractivity contribution in [1.29, 1.82) is 0 Å². The van der Waals surface area contributed by atoms with Crippen LogP contribution in [0.25, 0.3) is 21.9 Å². The number of hydrogen-bond acceptors (Lipinski definition) is 6. The molecule has 7 heteroatoms. The second-order valence-electron chi connectivity index (χ2n) is 9.17. The lowest BCUT2D eigenvalue weighted by atomic mass is 9.99. The van der Waals surface area contributed by atoms with Crippen LogP contribution >= 0.6 is 0 Å². The first kappa shape index (κ1) is 22.3. The van der Waals surface area contributed by atoms with Crippen molar-refractivity contribution >= 4 is 27.8 Å². The molecule has 3 aromatic heterocycles. The van der Waals surface area contributed by atoms with Gasteiger partial charge in [-0.15, -0.1) is 0 Å². The van der Waals surface area contributed by atoms with E-state index in [9.17, 15) is 9.59 Å². The zero-order valence-corrected chi connectivity index (χ0v) is 19.9. The van der Waals surface area contributed by atoms with Gasteiger partial charge in [0.15, 0.2) is 0 Å². The van der Waals surface area contributed by atoms with Crippen molar-refractivity contribution in [3.63, 3.8) is 0 Å². The van der Waals surface area contributed by atoms with Crippen LogP contribution in [0.2, 0.25) is 0 Å². The Morgan fingerprint density at radius 2 is 1.74 bits per heavy atom. The van der Waals surface area contributed by atoms with Crippen LogP contribution in [0, 0.1) is 20.8 Å². The van der Waals surface area contributed by atoms with E-state index in [-0.39, 0.29) is 12.3 Å². The van der Waals surface area contributed by atoms with Crippen LogP contribution in [0.4, 0.5) is 0 Å². The van der Waals surface area contributed by atoms with E-state index in [0.29, 0.717) is 24.2 Å². The summed E-state index contributed by atoms with van der Waals surface area (Å²) in [7, 11) is 0. The van der Waals surface area contributed by atoms with Crippen LogP contribution in [-0.2, 0) is 17.6 Å². The first-order valence-corrected chi connectivity index (χ1v) is 11.7. The van der Waals surface area contributed by atoms with Gasteiger partial charge in [0.2, 0.25) is 5.91 Å². The number of nitrogens with zero attached hydrogens (tertiary/aromatic N) is 3. The molecule has 0 spiro atoms. The number of rotatable bonds is 5. The summed E-state index contributed by atoms with van der Waals surface area (Å²) in [4.78, 5) is 34.2. The van der Waals surface area contributed by atoms with Gasteiger partial charge in [0.05, 0.1) is 18.2 Å². The fraction of sp³-hybridized carbons (Fsp3) is 0.370. The third-order valence-electron chi connectivity index (χ3n) is 7.05. The van der Waals surface area contributed by atoms with E-state index < -0.39 is 5.63 Å². The van der Waals surface area contributed by atoms with Gasteiger partial charge >= 0.3 is 5.63 Å². The predicted octanol–water partition coefficient (Wildman–Crippen LogP) is 3.79. The first-order chi connectivity index (χ1) is 16.4. The quantitative estimate of drug-likeness (QED) is 0.423. The van der Waals surface area contributed by atoms with Gasteiger partial charge in [-0.25, -0.2) is 4.79 Å². The molecule has 0 unspecified atom stereocenters. The highest BCUT2D eigenvalue weighted by molar-refractivity contribution is 6.00. The number of carbonyl (C=O) groups excluding carboxylic acids is 1. The van der Waals surface area contributed by atoms with Gasteiger partial charge in [-0.3, -0.25) is 14.7 Å². The Hall–Kier alpha value is -3.45. The molecule has 5 rings (SSSR count). The van der Waals surface area contributed by atoms with Crippen molar-refractivity contribution < 1.29 is 13.6 Å². The number of piperazine rings is 1. The van der Waals surface area contributed by atoms with Gasteiger partial charge in [-0.05, 0) is 62.1 Å². The summed E-state index contributed by atoms with van der Waals surface area (Å²) in [5.41, 5.74) is 5.18. The van der Waals surface area contributed by atoms with E-state index in [1.165, 1.54) is 5.56 Å². The summed E-state index contributed by atoms with van der Waals surface area (Å²) in [6.07, 6.45) is 6.37. The number of aromatic nitrogens is 1. The number of aryl methyl sites for hydroxylation is 3. The van der Waals surface area contributed by atoms with Crippen molar-refractivity contribution in [3.8, 4) is 0 Å². The number of pyridine rings is 1. The van der Waals surface area contributed by atoms with Crippen molar-refractivity contribution in [1.82, 2.24) is 14.8 Å². The molecule has 0 N–H and O–H groups in total. The smallest absolute Gasteiger partial charge is 0.340 e. The van der Waals surface area contributed by atoms with Crippen LogP contribution in [-0.4, -0.2) is 53.4 Å². The average Bonchev–Trinajstić information content (AvgIpc) is 3.23. The van der Waals surface area contributed by atoms with Gasteiger partial charge in [0.1, 0.15) is 11.2 Å². The second-order valence-corrected chi connectivity index (χ2v) is 9.17. The van der Waals surface area contributed by atoms with E-state index in [0.717, 1.165) is 59.1 Å². The fourth-order valence-corrected chi connectivity index (χ4v) is 4.84. The third kappa shape index (κ3) is 4.12. The van der Waals surface area contributed by atoms with Crippen LogP contribution in [0.3, 0.4) is 0 Å². The van der Waals surface area contributed by atoms with Gasteiger partial charge < -0.3 is 13.7 Å². The maximum absolute atomic E-state index is 13.1. The van der Waals surface area contributed by atoms with Crippen LogP contribution in [0.15, 0.2) is 50.5 Å². The summed E-state index contributed by atoms with van der Waals surface area (Å²) in [5, 5.41) is 1.86. The molecular weight excluding hydrogens is 430 g/mol. The molecular formula is C27H29N3O4. The highest BCUT2D eigenvalue weighted by Gasteiger charge is 2.24. The summed E-state index contributed by atoms with van der Waals surface area (Å²) in [6, 6.07) is 6.08. The van der Waals surface area contributed by atoms with E-state index in [4.69, 9.17) is 8.83 Å². The molecule has 7 nitrogen and oxygen atoms in total. The Bertz CT molecular complexity index is 1410. The van der Waals surface area contributed by atoms with Crippen LogP contribution in [0.5, 0.6) is 0 Å². The van der Waals surface area contributed by atoms with Crippen LogP contribution in [0.1, 0.15) is 27.8 Å². The Labute approximate surface area is 198 Å². The fourth-order valence-electron chi connectivity index (χ4n) is 4.84. The summed E-state index contributed by atoms with van der Waals surface area (Å²) >= 11 is 0. The number of fused-ring (bicyclic) bond motifs is 2. The van der Waals surface area contributed by atoms with E-state index >= 15 is 0 Å². The third-order valence-corrected chi connectivity index (χ3v) is 7.05. The maximum Gasteiger partial charge on any atom is 0.340 e. The first-order valence-electron chi connectivity index (χ1n) is 11.7. The lowest BCUT2D eigenvalue weighted by Gasteiger charge is -2.34. The maximum atomic E-state index is 13.1. The highest BCUT2D eigenvalue weighted by Crippen LogP contribution is 2.32. The monoisotopic (exact) mass is 459 g/mol. The molecule has 0 saturated carbocycles. The summed E-state index contributed by atoms with van der Waals surface area (Å²) in [6.45, 7) is 9.75. The lowest BCUT2D eigenvalue weighted by molar-refractivity contribution is -0.132. The number of furan rings is 1. The minimum Gasteiger partial charge on any atom is -0.464 e. The average molecular weight is 460 g/mol. The molecule has 1 aliphatic heterocycles. The standard InChI is InChI=1S/C27H29N3O4/c1-17-16-33-25-19(3)26-22(14-21(17)25)18(2)23(27(32)34-26)15-24(31)30-12-10-29(11-13-30)9-6-20-4-7-28-8-5-20/h4-5,7-8,14,16H,6,9-13,15H2,1-3H3. The predicted molar refractivity (Wildman–Crippen MR) is 131 cm³/mol. The molecule has 0 bridgehead atoms. The Morgan fingerprint density at radius 1 is 1.00 bits per heavy atom. The largest absolute Gasteiger partial charge is 0.464 e. The Kier molecular flexibility index (Phi) is 5.96. The number of amides is 1. The molecule has 0 aliphatic carbocycles. The molecule has 0 radical (unpaired) electrons. The molecule has 1 aliphatic rings. The highest BCUT2D eigenvalue weighted by atomic mass is 16.4. The number of hydrogen-bond donors (Lipinski definition) is 0. The van der Waals surface area contributed by atoms with Gasteiger partial charge in [-0.1, -0.05) is 0 Å². The number of benzene rings is 1. The normalized spacial score (nSPS) is 14.9. The minimum atomic E-state index is -0.444. The van der Waals surface area contributed by atoms with Gasteiger partial charge in [0, 0.05) is 61.5 Å². The molecule has 4 heterocycles.